The second kappa shape index (κ2) is 7.63. The molecule has 0 spiro atoms. The fraction of sp³-hybridized carbons (Fsp3) is 0.667. The summed E-state index contributed by atoms with van der Waals surface area (Å²) < 4.78 is 27.9. The average Bonchev–Trinajstić information content (AvgIpc) is 2.94. The van der Waals surface area contributed by atoms with Crippen molar-refractivity contribution in [3.63, 3.8) is 0 Å². The van der Waals surface area contributed by atoms with Gasteiger partial charge >= 0.3 is 0 Å². The van der Waals surface area contributed by atoms with Gasteiger partial charge in [-0.05, 0) is 53.7 Å². The number of amides is 1. The zero-order valence-corrected chi connectivity index (χ0v) is 16.8. The Morgan fingerprint density at radius 3 is 2.65 bits per heavy atom. The minimum absolute atomic E-state index is 0.0431. The quantitative estimate of drug-likeness (QED) is 0.792. The highest BCUT2D eigenvalue weighted by Gasteiger charge is 2.34. The van der Waals surface area contributed by atoms with Crippen molar-refractivity contribution < 1.29 is 13.2 Å². The first-order valence-corrected chi connectivity index (χ1v) is 10.8. The van der Waals surface area contributed by atoms with Gasteiger partial charge in [0.1, 0.15) is 4.21 Å². The summed E-state index contributed by atoms with van der Waals surface area (Å²) in [5.41, 5.74) is 0. The summed E-state index contributed by atoms with van der Waals surface area (Å²) >= 11 is 4.49. The van der Waals surface area contributed by atoms with Gasteiger partial charge in [0.25, 0.3) is 10.0 Å². The van der Waals surface area contributed by atoms with Crippen molar-refractivity contribution in [3.8, 4) is 0 Å². The van der Waals surface area contributed by atoms with E-state index < -0.39 is 10.0 Å². The Hall–Kier alpha value is -0.440. The Balaban J connectivity index is 2.07. The SMILES string of the molecule is CC(C)C(C)NC(=O)C1CCCN(S(=O)(=O)c2ccc(Br)s2)C1. The maximum absolute atomic E-state index is 12.7. The predicted molar refractivity (Wildman–Crippen MR) is 95.9 cm³/mol. The number of hydrogen-bond donors (Lipinski definition) is 1. The van der Waals surface area contributed by atoms with E-state index in [0.717, 1.165) is 10.2 Å². The van der Waals surface area contributed by atoms with Crippen molar-refractivity contribution >= 4 is 43.2 Å². The Morgan fingerprint density at radius 1 is 1.39 bits per heavy atom. The zero-order valence-electron chi connectivity index (χ0n) is 13.6. The fourth-order valence-corrected chi connectivity index (χ4v) is 6.14. The van der Waals surface area contributed by atoms with E-state index in [2.05, 4.69) is 35.1 Å². The van der Waals surface area contributed by atoms with E-state index in [9.17, 15) is 13.2 Å². The van der Waals surface area contributed by atoms with Gasteiger partial charge < -0.3 is 5.32 Å². The van der Waals surface area contributed by atoms with E-state index >= 15 is 0 Å². The molecular weight excluding hydrogens is 400 g/mol. The van der Waals surface area contributed by atoms with Gasteiger partial charge in [-0.1, -0.05) is 13.8 Å². The van der Waals surface area contributed by atoms with Gasteiger partial charge in [0, 0.05) is 19.1 Å². The first-order chi connectivity index (χ1) is 10.7. The monoisotopic (exact) mass is 422 g/mol. The Bertz CT molecular complexity index is 657. The van der Waals surface area contributed by atoms with Crippen LogP contribution in [0.3, 0.4) is 0 Å². The van der Waals surface area contributed by atoms with E-state index in [1.54, 1.807) is 12.1 Å². The summed E-state index contributed by atoms with van der Waals surface area (Å²) in [4.78, 5) is 12.4. The lowest BCUT2D eigenvalue weighted by Crippen LogP contribution is -2.47. The minimum Gasteiger partial charge on any atom is -0.353 e. The van der Waals surface area contributed by atoms with E-state index in [1.807, 2.05) is 6.92 Å². The number of nitrogens with one attached hydrogen (secondary N) is 1. The zero-order chi connectivity index (χ0) is 17.2. The summed E-state index contributed by atoms with van der Waals surface area (Å²) in [6.07, 6.45) is 1.44. The molecule has 1 aromatic rings. The molecule has 1 fully saturated rings. The smallest absolute Gasteiger partial charge is 0.252 e. The molecule has 1 aliphatic rings. The van der Waals surface area contributed by atoms with E-state index in [-0.39, 0.29) is 24.4 Å². The Kier molecular flexibility index (Phi) is 6.27. The van der Waals surface area contributed by atoms with E-state index in [4.69, 9.17) is 0 Å². The number of sulfonamides is 1. The highest BCUT2D eigenvalue weighted by molar-refractivity contribution is 9.11. The molecule has 1 N–H and O–H groups in total. The van der Waals surface area contributed by atoms with Crippen molar-refractivity contribution in [2.24, 2.45) is 11.8 Å². The molecule has 130 valence electrons. The highest BCUT2D eigenvalue weighted by Crippen LogP contribution is 2.30. The molecule has 0 saturated carbocycles. The van der Waals surface area contributed by atoms with Gasteiger partial charge in [-0.2, -0.15) is 4.31 Å². The highest BCUT2D eigenvalue weighted by atomic mass is 79.9. The molecule has 8 heteroatoms. The Labute approximate surface area is 150 Å². The van der Waals surface area contributed by atoms with Gasteiger partial charge in [0.2, 0.25) is 5.91 Å². The first-order valence-electron chi connectivity index (χ1n) is 7.77. The van der Waals surface area contributed by atoms with Crippen LogP contribution in [0.25, 0.3) is 0 Å². The fourth-order valence-electron chi connectivity index (χ4n) is 2.45. The van der Waals surface area contributed by atoms with E-state index in [1.165, 1.54) is 15.6 Å². The third-order valence-corrected chi connectivity index (χ3v) is 8.22. The summed E-state index contributed by atoms with van der Waals surface area (Å²) in [7, 11) is -3.51. The van der Waals surface area contributed by atoms with Gasteiger partial charge in [0.05, 0.1) is 9.70 Å². The van der Waals surface area contributed by atoms with Crippen molar-refractivity contribution in [3.05, 3.63) is 15.9 Å². The molecular formula is C15H23BrN2O3S2. The second-order valence-corrected chi connectivity index (χ2v) is 10.9. The molecule has 1 aromatic heterocycles. The molecule has 2 heterocycles. The summed E-state index contributed by atoms with van der Waals surface area (Å²) in [5, 5.41) is 3.00. The number of carbonyl (C=O) groups excluding carboxylic acids is 1. The number of carbonyl (C=O) groups is 1. The molecule has 0 bridgehead atoms. The second-order valence-electron chi connectivity index (χ2n) is 6.30. The van der Waals surface area contributed by atoms with E-state index in [0.29, 0.717) is 23.1 Å². The maximum atomic E-state index is 12.7. The lowest BCUT2D eigenvalue weighted by molar-refractivity contribution is -0.127. The lowest BCUT2D eigenvalue weighted by Gasteiger charge is -2.31. The van der Waals surface area contributed by atoms with Gasteiger partial charge in [-0.3, -0.25) is 4.79 Å². The summed E-state index contributed by atoms with van der Waals surface area (Å²) in [6, 6.07) is 3.42. The van der Waals surface area contributed by atoms with Gasteiger partial charge in [0.15, 0.2) is 0 Å². The number of thiophene rings is 1. The lowest BCUT2D eigenvalue weighted by atomic mass is 9.97. The van der Waals surface area contributed by atoms with Crippen LogP contribution in [0.2, 0.25) is 0 Å². The van der Waals surface area contributed by atoms with Crippen LogP contribution >= 0.6 is 27.3 Å². The molecule has 1 amide bonds. The topological polar surface area (TPSA) is 66.5 Å². The van der Waals surface area contributed by atoms with Crippen LogP contribution in [0, 0.1) is 11.8 Å². The van der Waals surface area contributed by atoms with Gasteiger partial charge in [-0.15, -0.1) is 11.3 Å². The van der Waals surface area contributed by atoms with Crippen molar-refractivity contribution in [1.82, 2.24) is 9.62 Å². The minimum atomic E-state index is -3.51. The molecule has 0 radical (unpaired) electrons. The summed E-state index contributed by atoms with van der Waals surface area (Å²) in [5.74, 6) is 0.0347. The molecule has 2 atom stereocenters. The van der Waals surface area contributed by atoms with Crippen LogP contribution in [-0.4, -0.2) is 37.8 Å². The summed E-state index contributed by atoms with van der Waals surface area (Å²) in [6.45, 7) is 6.81. The molecule has 23 heavy (non-hydrogen) atoms. The van der Waals surface area contributed by atoms with Crippen LogP contribution < -0.4 is 5.32 Å². The van der Waals surface area contributed by atoms with Crippen LogP contribution in [0.4, 0.5) is 0 Å². The molecule has 0 aliphatic carbocycles. The van der Waals surface area contributed by atoms with Crippen LogP contribution in [0.5, 0.6) is 0 Å². The van der Waals surface area contributed by atoms with Crippen LogP contribution in [0.1, 0.15) is 33.6 Å². The molecule has 2 rings (SSSR count). The predicted octanol–water partition coefficient (Wildman–Crippen LogP) is 3.07. The van der Waals surface area contributed by atoms with Gasteiger partial charge in [-0.25, -0.2) is 8.42 Å². The number of hydrogen-bond acceptors (Lipinski definition) is 4. The average molecular weight is 423 g/mol. The third kappa shape index (κ3) is 4.55. The molecule has 2 unspecified atom stereocenters. The third-order valence-electron chi connectivity index (χ3n) is 4.27. The van der Waals surface area contributed by atoms with Crippen molar-refractivity contribution in [2.45, 2.75) is 43.9 Å². The largest absolute Gasteiger partial charge is 0.353 e. The van der Waals surface area contributed by atoms with Crippen molar-refractivity contribution in [1.29, 1.82) is 0 Å². The number of piperidine rings is 1. The first kappa shape index (κ1) is 18.9. The molecule has 0 aromatic carbocycles. The molecule has 5 nitrogen and oxygen atoms in total. The molecule has 1 aliphatic heterocycles. The molecule has 1 saturated heterocycles. The van der Waals surface area contributed by atoms with Crippen LogP contribution in [-0.2, 0) is 14.8 Å². The van der Waals surface area contributed by atoms with Crippen LogP contribution in [0.15, 0.2) is 20.1 Å². The number of rotatable bonds is 5. The van der Waals surface area contributed by atoms with Crippen molar-refractivity contribution in [2.75, 3.05) is 13.1 Å². The standard InChI is InChI=1S/C15H23BrN2O3S2/c1-10(2)11(3)17-15(19)12-5-4-8-18(9-12)23(20,21)14-7-6-13(16)22-14/h6-7,10-12H,4-5,8-9H2,1-3H3,(H,17,19). The Morgan fingerprint density at radius 2 is 2.09 bits per heavy atom. The maximum Gasteiger partial charge on any atom is 0.252 e. The number of halogens is 1. The normalized spacial score (nSPS) is 21.3. The number of nitrogens with zero attached hydrogens (tertiary/aromatic N) is 1.